The van der Waals surface area contributed by atoms with Gasteiger partial charge in [0.25, 0.3) is 0 Å². The number of phenolic OH excluding ortho intramolecular Hbond substituents is 1. The predicted molar refractivity (Wildman–Crippen MR) is 153 cm³/mol. The van der Waals surface area contributed by atoms with Crippen molar-refractivity contribution in [3.8, 4) is 5.75 Å². The van der Waals surface area contributed by atoms with Crippen LogP contribution in [0.2, 0.25) is 0 Å². The number of phenols is 1. The number of aromatic hydroxyl groups is 1. The second kappa shape index (κ2) is 13.3. The smallest absolute Gasteiger partial charge is 0.338 e. The van der Waals surface area contributed by atoms with Crippen molar-refractivity contribution in [1.82, 2.24) is 10.6 Å². The minimum atomic E-state index is -0.880. The van der Waals surface area contributed by atoms with Crippen LogP contribution in [0.4, 0.5) is 14.9 Å². The highest BCUT2D eigenvalue weighted by molar-refractivity contribution is 5.95. The second-order valence-corrected chi connectivity index (χ2v) is 10.6. The van der Waals surface area contributed by atoms with Gasteiger partial charge < -0.3 is 30.3 Å². The van der Waals surface area contributed by atoms with Crippen LogP contribution in [0.25, 0.3) is 0 Å². The normalized spacial score (nSPS) is 18.8. The first-order valence-corrected chi connectivity index (χ1v) is 13.6. The standard InChI is InChI=1S/C31H35FN4O5/c1-3-41-30(39)23-8-12-25(13-9-23)34-31(40)35-28(18-21-6-14-27(37)15-7-21)29(38)33-26-16-17-36(2,20-26)19-22-4-10-24(32)11-5-22/h4-15,26,28H,3,16-20H2,1-2H3,(H3-,33,34,35,37,38,39,40)/p+1/t26-,28-,36?/m0/s1. The summed E-state index contributed by atoms with van der Waals surface area (Å²) >= 11 is 0. The third-order valence-electron chi connectivity index (χ3n) is 7.15. The molecule has 4 rings (SSSR count). The van der Waals surface area contributed by atoms with Gasteiger partial charge in [0.1, 0.15) is 24.2 Å². The van der Waals surface area contributed by atoms with E-state index in [-0.39, 0.29) is 36.5 Å². The van der Waals surface area contributed by atoms with Gasteiger partial charge in [-0.25, -0.2) is 14.0 Å². The molecule has 9 nitrogen and oxygen atoms in total. The fourth-order valence-corrected chi connectivity index (χ4v) is 5.08. The van der Waals surface area contributed by atoms with Crippen LogP contribution in [0.5, 0.6) is 5.75 Å². The molecule has 0 aliphatic carbocycles. The van der Waals surface area contributed by atoms with E-state index in [1.165, 1.54) is 24.3 Å². The minimum absolute atomic E-state index is 0.0875. The van der Waals surface area contributed by atoms with Crippen LogP contribution in [0.3, 0.4) is 0 Å². The van der Waals surface area contributed by atoms with Crippen molar-refractivity contribution in [3.05, 3.63) is 95.3 Å². The molecule has 1 fully saturated rings. The number of carbonyl (C=O) groups is 3. The van der Waals surface area contributed by atoms with E-state index in [4.69, 9.17) is 4.74 Å². The summed E-state index contributed by atoms with van der Waals surface area (Å²) in [6.07, 6.45) is 0.990. The molecule has 1 heterocycles. The lowest BCUT2D eigenvalue weighted by Gasteiger charge is -2.30. The van der Waals surface area contributed by atoms with Crippen LogP contribution in [0.15, 0.2) is 72.8 Å². The largest absolute Gasteiger partial charge is 0.508 e. The maximum absolute atomic E-state index is 13.4. The molecule has 0 aromatic heterocycles. The first kappa shape index (κ1) is 29.5. The number of likely N-dealkylation sites (tertiary alicyclic amines) is 1. The summed E-state index contributed by atoms with van der Waals surface area (Å²) < 4.78 is 19.0. The van der Waals surface area contributed by atoms with Crippen LogP contribution >= 0.6 is 0 Å². The van der Waals surface area contributed by atoms with E-state index in [1.54, 1.807) is 55.5 Å². The molecule has 0 bridgehead atoms. The number of quaternary nitrogens is 1. The van der Waals surface area contributed by atoms with Gasteiger partial charge in [-0.2, -0.15) is 0 Å². The highest BCUT2D eigenvalue weighted by atomic mass is 19.1. The third-order valence-corrected chi connectivity index (χ3v) is 7.15. The lowest BCUT2D eigenvalue weighted by Crippen LogP contribution is -2.53. The summed E-state index contributed by atoms with van der Waals surface area (Å²) in [7, 11) is 2.11. The minimum Gasteiger partial charge on any atom is -0.508 e. The molecule has 0 radical (unpaired) electrons. The van der Waals surface area contributed by atoms with Crippen molar-refractivity contribution >= 4 is 23.6 Å². The third kappa shape index (κ3) is 8.52. The Morgan fingerprint density at radius 1 is 1.00 bits per heavy atom. The van der Waals surface area contributed by atoms with E-state index in [2.05, 4.69) is 23.0 Å². The van der Waals surface area contributed by atoms with Crippen molar-refractivity contribution in [2.75, 3.05) is 32.1 Å². The summed E-state index contributed by atoms with van der Waals surface area (Å²) in [5.41, 5.74) is 2.61. The number of rotatable bonds is 10. The Kier molecular flexibility index (Phi) is 9.57. The van der Waals surface area contributed by atoms with Crippen molar-refractivity contribution in [1.29, 1.82) is 0 Å². The fourth-order valence-electron chi connectivity index (χ4n) is 5.08. The predicted octanol–water partition coefficient (Wildman–Crippen LogP) is 3.98. The first-order valence-electron chi connectivity index (χ1n) is 13.6. The molecule has 4 N–H and O–H groups in total. The summed E-state index contributed by atoms with van der Waals surface area (Å²) in [4.78, 5) is 38.2. The van der Waals surface area contributed by atoms with Crippen LogP contribution in [-0.4, -0.2) is 66.3 Å². The SMILES string of the molecule is CCOC(=O)c1ccc(NC(=O)N[C@@H](Cc2ccc(O)cc2)C(=O)N[C@H]2CC[N+](C)(Cc3ccc(F)cc3)C2)cc1. The number of ether oxygens (including phenoxy) is 1. The number of urea groups is 1. The van der Waals surface area contributed by atoms with Crippen molar-refractivity contribution in [2.45, 2.75) is 38.4 Å². The Labute approximate surface area is 238 Å². The molecule has 3 atom stereocenters. The highest BCUT2D eigenvalue weighted by Gasteiger charge is 2.36. The molecule has 1 saturated heterocycles. The quantitative estimate of drug-likeness (QED) is 0.220. The zero-order valence-electron chi connectivity index (χ0n) is 23.2. The van der Waals surface area contributed by atoms with Gasteiger partial charge in [-0.1, -0.05) is 24.3 Å². The molecule has 1 unspecified atom stereocenters. The Balaban J connectivity index is 1.39. The molecule has 216 valence electrons. The number of hydrogen-bond acceptors (Lipinski definition) is 5. The van der Waals surface area contributed by atoms with Crippen LogP contribution in [0.1, 0.15) is 34.8 Å². The Morgan fingerprint density at radius 3 is 2.32 bits per heavy atom. The summed E-state index contributed by atoms with van der Waals surface area (Å²) in [6, 6.07) is 17.7. The average Bonchev–Trinajstić information content (AvgIpc) is 3.31. The lowest BCUT2D eigenvalue weighted by molar-refractivity contribution is -0.911. The number of benzene rings is 3. The van der Waals surface area contributed by atoms with Gasteiger partial charge in [-0.05, 0) is 61.0 Å². The lowest BCUT2D eigenvalue weighted by atomic mass is 10.0. The Bertz CT molecular complexity index is 1350. The van der Waals surface area contributed by atoms with Crippen molar-refractivity contribution in [2.24, 2.45) is 0 Å². The zero-order chi connectivity index (χ0) is 29.4. The summed E-state index contributed by atoms with van der Waals surface area (Å²) in [5, 5.41) is 18.2. The molecule has 0 spiro atoms. The molecule has 3 amide bonds. The molecule has 1 aliphatic rings. The number of anilines is 1. The van der Waals surface area contributed by atoms with Crippen LogP contribution in [0, 0.1) is 5.82 Å². The summed E-state index contributed by atoms with van der Waals surface area (Å²) in [6.45, 7) is 4.26. The van der Waals surface area contributed by atoms with Crippen molar-refractivity contribution in [3.63, 3.8) is 0 Å². The molecule has 1 aliphatic heterocycles. The summed E-state index contributed by atoms with van der Waals surface area (Å²) in [5.74, 6) is -0.928. The van der Waals surface area contributed by atoms with Gasteiger partial charge in [0.05, 0.1) is 38.3 Å². The van der Waals surface area contributed by atoms with E-state index in [0.717, 1.165) is 30.6 Å². The van der Waals surface area contributed by atoms with E-state index in [9.17, 15) is 23.9 Å². The molecule has 41 heavy (non-hydrogen) atoms. The maximum atomic E-state index is 13.4. The average molecular weight is 564 g/mol. The van der Waals surface area contributed by atoms with E-state index in [1.807, 2.05) is 0 Å². The second-order valence-electron chi connectivity index (χ2n) is 10.6. The van der Waals surface area contributed by atoms with Gasteiger partial charge in [0, 0.05) is 24.1 Å². The number of nitrogens with zero attached hydrogens (tertiary/aromatic N) is 1. The number of halogens is 1. The van der Waals surface area contributed by atoms with E-state index >= 15 is 0 Å². The van der Waals surface area contributed by atoms with Gasteiger partial charge in [0.2, 0.25) is 5.91 Å². The van der Waals surface area contributed by atoms with Gasteiger partial charge in [-0.15, -0.1) is 0 Å². The monoisotopic (exact) mass is 563 g/mol. The van der Waals surface area contributed by atoms with Crippen LogP contribution < -0.4 is 16.0 Å². The van der Waals surface area contributed by atoms with Gasteiger partial charge >= 0.3 is 12.0 Å². The number of hydrogen-bond donors (Lipinski definition) is 4. The van der Waals surface area contributed by atoms with Gasteiger partial charge in [-0.3, -0.25) is 4.79 Å². The molecule has 3 aromatic carbocycles. The maximum Gasteiger partial charge on any atom is 0.338 e. The topological polar surface area (TPSA) is 117 Å². The number of likely N-dealkylation sites (N-methyl/N-ethyl adjacent to an activating group) is 1. The number of esters is 1. The number of carbonyl (C=O) groups excluding carboxylic acids is 3. The van der Waals surface area contributed by atoms with E-state index in [0.29, 0.717) is 22.3 Å². The van der Waals surface area contributed by atoms with Crippen LogP contribution in [-0.2, 0) is 22.5 Å². The van der Waals surface area contributed by atoms with E-state index < -0.39 is 18.0 Å². The number of nitrogens with one attached hydrogen (secondary N) is 3. The van der Waals surface area contributed by atoms with Crippen molar-refractivity contribution < 1.29 is 33.1 Å². The van der Waals surface area contributed by atoms with Gasteiger partial charge in [0.15, 0.2) is 0 Å². The molecule has 0 saturated carbocycles. The highest BCUT2D eigenvalue weighted by Crippen LogP contribution is 2.22. The Hall–Kier alpha value is -4.44. The molecular weight excluding hydrogens is 527 g/mol. The first-order chi connectivity index (χ1) is 19.6. The fraction of sp³-hybridized carbons (Fsp3) is 0.323. The zero-order valence-corrected chi connectivity index (χ0v) is 23.2. The number of amides is 3. The Morgan fingerprint density at radius 2 is 1.66 bits per heavy atom. The molecule has 10 heteroatoms. The molecule has 3 aromatic rings. The molecular formula is C31H36FN4O5+.